The molecule has 0 saturated carbocycles. The van der Waals surface area contributed by atoms with E-state index in [0.29, 0.717) is 29.1 Å². The highest BCUT2D eigenvalue weighted by Crippen LogP contribution is 2.18. The lowest BCUT2D eigenvalue weighted by Gasteiger charge is -2.08. The second-order valence-corrected chi connectivity index (χ2v) is 6.73. The van der Waals surface area contributed by atoms with E-state index in [1.54, 1.807) is 30.3 Å². The lowest BCUT2D eigenvalue weighted by molar-refractivity contribution is 0.0600. The molecule has 0 aliphatic carbocycles. The minimum atomic E-state index is -2.63. The Kier molecular flexibility index (Phi) is 6.32. The molecular formula is C16H16BrNO4S. The number of methoxy groups -OCH3 is 1. The standard InChI is InChI=1S/C16H16BrNO4S/c1-22-16(19)12-4-2-11(3-5-12)9-18-10-13-8-14(17)6-7-15(13)23(20)21/h2-8,18,23H,9-10H2,1H3. The third kappa shape index (κ3) is 4.89. The summed E-state index contributed by atoms with van der Waals surface area (Å²) < 4.78 is 28.0. The molecule has 0 saturated heterocycles. The number of hydrogen-bond acceptors (Lipinski definition) is 5. The molecular weight excluding hydrogens is 382 g/mol. The van der Waals surface area contributed by atoms with Crippen molar-refractivity contribution in [3.8, 4) is 0 Å². The summed E-state index contributed by atoms with van der Waals surface area (Å²) in [6.07, 6.45) is 0. The van der Waals surface area contributed by atoms with Gasteiger partial charge in [-0.15, -0.1) is 0 Å². The van der Waals surface area contributed by atoms with Gasteiger partial charge in [0, 0.05) is 17.6 Å². The minimum Gasteiger partial charge on any atom is -0.465 e. The summed E-state index contributed by atoms with van der Waals surface area (Å²) in [6, 6.07) is 12.1. The van der Waals surface area contributed by atoms with E-state index in [9.17, 15) is 13.2 Å². The molecule has 5 nitrogen and oxygen atoms in total. The van der Waals surface area contributed by atoms with Crippen molar-refractivity contribution in [3.05, 3.63) is 63.6 Å². The van der Waals surface area contributed by atoms with Gasteiger partial charge in [-0.05, 0) is 41.5 Å². The van der Waals surface area contributed by atoms with Crippen LogP contribution in [-0.2, 0) is 28.5 Å². The van der Waals surface area contributed by atoms with Crippen LogP contribution in [0.5, 0.6) is 0 Å². The number of esters is 1. The molecule has 0 fully saturated rings. The zero-order valence-corrected chi connectivity index (χ0v) is 14.9. The molecule has 0 spiro atoms. The van der Waals surface area contributed by atoms with E-state index in [0.717, 1.165) is 10.0 Å². The maximum absolute atomic E-state index is 11.4. The van der Waals surface area contributed by atoms with Crippen molar-refractivity contribution in [2.75, 3.05) is 7.11 Å². The van der Waals surface area contributed by atoms with Crippen LogP contribution in [0.1, 0.15) is 21.5 Å². The Morgan fingerprint density at radius 2 is 1.83 bits per heavy atom. The molecule has 0 amide bonds. The summed E-state index contributed by atoms with van der Waals surface area (Å²) in [5.41, 5.74) is 2.19. The van der Waals surface area contributed by atoms with Gasteiger partial charge in [0.05, 0.1) is 17.6 Å². The second kappa shape index (κ2) is 8.24. The predicted octanol–water partition coefficient (Wildman–Crippen LogP) is 2.50. The first-order valence-electron chi connectivity index (χ1n) is 6.82. The van der Waals surface area contributed by atoms with E-state index >= 15 is 0 Å². The Hall–Kier alpha value is -1.70. The average molecular weight is 398 g/mol. The fraction of sp³-hybridized carbons (Fsp3) is 0.188. The number of benzene rings is 2. The quantitative estimate of drug-likeness (QED) is 0.578. The highest BCUT2D eigenvalue weighted by Gasteiger charge is 2.07. The highest BCUT2D eigenvalue weighted by atomic mass is 79.9. The molecule has 0 aliphatic rings. The topological polar surface area (TPSA) is 72.5 Å². The summed E-state index contributed by atoms with van der Waals surface area (Å²) in [5.74, 6) is -0.373. The van der Waals surface area contributed by atoms with Crippen molar-refractivity contribution in [3.63, 3.8) is 0 Å². The summed E-state index contributed by atoms with van der Waals surface area (Å²) in [4.78, 5) is 11.7. The highest BCUT2D eigenvalue weighted by molar-refractivity contribution is 9.10. The van der Waals surface area contributed by atoms with Crippen LogP contribution >= 0.6 is 15.9 Å². The van der Waals surface area contributed by atoms with Gasteiger partial charge in [-0.1, -0.05) is 28.1 Å². The second-order valence-electron chi connectivity index (χ2n) is 4.82. The molecule has 2 aromatic rings. The molecule has 23 heavy (non-hydrogen) atoms. The van der Waals surface area contributed by atoms with Crippen molar-refractivity contribution >= 4 is 32.6 Å². The first-order valence-corrected chi connectivity index (χ1v) is 8.79. The Bertz CT molecular complexity index is 764. The SMILES string of the molecule is COC(=O)c1ccc(CNCc2cc(Br)ccc2[SH](=O)=O)cc1. The smallest absolute Gasteiger partial charge is 0.337 e. The Balaban J connectivity index is 2.00. The molecule has 0 atom stereocenters. The molecule has 2 aromatic carbocycles. The number of hydrogen-bond donors (Lipinski definition) is 2. The van der Waals surface area contributed by atoms with E-state index in [1.165, 1.54) is 7.11 Å². The number of halogens is 1. The van der Waals surface area contributed by atoms with Crippen LogP contribution in [0.2, 0.25) is 0 Å². The summed E-state index contributed by atoms with van der Waals surface area (Å²) in [6.45, 7) is 0.986. The van der Waals surface area contributed by atoms with Gasteiger partial charge >= 0.3 is 5.97 Å². The average Bonchev–Trinajstić information content (AvgIpc) is 2.54. The lowest BCUT2D eigenvalue weighted by Crippen LogP contribution is -2.14. The van der Waals surface area contributed by atoms with Crippen LogP contribution in [0.3, 0.4) is 0 Å². The molecule has 0 radical (unpaired) electrons. The predicted molar refractivity (Wildman–Crippen MR) is 91.0 cm³/mol. The zero-order chi connectivity index (χ0) is 16.8. The first kappa shape index (κ1) is 17.7. The minimum absolute atomic E-state index is 0.316. The van der Waals surface area contributed by atoms with Crippen molar-refractivity contribution in [1.82, 2.24) is 5.32 Å². The number of carbonyl (C=O) groups excluding carboxylic acids is 1. The summed E-state index contributed by atoms with van der Waals surface area (Å²) >= 11 is 3.34. The molecule has 122 valence electrons. The van der Waals surface area contributed by atoms with Crippen LogP contribution in [0, 0.1) is 0 Å². The van der Waals surface area contributed by atoms with E-state index in [4.69, 9.17) is 0 Å². The Morgan fingerprint density at radius 3 is 2.43 bits per heavy atom. The largest absolute Gasteiger partial charge is 0.465 e. The molecule has 2 rings (SSSR count). The molecule has 0 heterocycles. The fourth-order valence-corrected chi connectivity index (χ4v) is 3.07. The van der Waals surface area contributed by atoms with Gasteiger partial charge in [-0.2, -0.15) is 0 Å². The third-order valence-corrected chi connectivity index (χ3v) is 4.58. The van der Waals surface area contributed by atoms with Gasteiger partial charge in [-0.25, -0.2) is 13.2 Å². The normalized spacial score (nSPS) is 10.7. The number of thiol groups is 1. The lowest BCUT2D eigenvalue weighted by atomic mass is 10.1. The number of rotatable bonds is 6. The molecule has 7 heteroatoms. The van der Waals surface area contributed by atoms with E-state index < -0.39 is 10.7 Å². The van der Waals surface area contributed by atoms with E-state index in [-0.39, 0.29) is 5.97 Å². The summed E-state index contributed by atoms with van der Waals surface area (Å²) in [7, 11) is -1.28. The van der Waals surface area contributed by atoms with Crippen LogP contribution in [0.25, 0.3) is 0 Å². The summed E-state index contributed by atoms with van der Waals surface area (Å²) in [5, 5.41) is 3.20. The fourth-order valence-electron chi connectivity index (χ4n) is 2.09. The molecule has 0 aromatic heterocycles. The van der Waals surface area contributed by atoms with Crippen molar-refractivity contribution in [2.24, 2.45) is 0 Å². The van der Waals surface area contributed by atoms with Gasteiger partial charge in [0.25, 0.3) is 0 Å². The molecule has 0 unspecified atom stereocenters. The van der Waals surface area contributed by atoms with E-state index in [2.05, 4.69) is 26.0 Å². The maximum Gasteiger partial charge on any atom is 0.337 e. The Morgan fingerprint density at radius 1 is 1.13 bits per heavy atom. The van der Waals surface area contributed by atoms with Gasteiger partial charge in [0.15, 0.2) is 10.7 Å². The van der Waals surface area contributed by atoms with Crippen molar-refractivity contribution in [2.45, 2.75) is 18.0 Å². The maximum atomic E-state index is 11.4. The van der Waals surface area contributed by atoms with Crippen LogP contribution < -0.4 is 5.32 Å². The molecule has 0 aliphatic heterocycles. The van der Waals surface area contributed by atoms with Gasteiger partial charge in [0.2, 0.25) is 0 Å². The van der Waals surface area contributed by atoms with E-state index in [1.807, 2.05) is 12.1 Å². The zero-order valence-electron chi connectivity index (χ0n) is 12.4. The van der Waals surface area contributed by atoms with Crippen LogP contribution in [0.4, 0.5) is 0 Å². The number of nitrogens with one attached hydrogen (secondary N) is 1. The monoisotopic (exact) mass is 397 g/mol. The number of carbonyl (C=O) groups is 1. The molecule has 0 bridgehead atoms. The first-order chi connectivity index (χ1) is 11.0. The molecule has 1 N–H and O–H groups in total. The van der Waals surface area contributed by atoms with Gasteiger partial charge in [0.1, 0.15) is 0 Å². The van der Waals surface area contributed by atoms with Crippen LogP contribution in [-0.4, -0.2) is 21.5 Å². The third-order valence-electron chi connectivity index (χ3n) is 3.26. The van der Waals surface area contributed by atoms with Crippen LogP contribution in [0.15, 0.2) is 51.8 Å². The number of ether oxygens (including phenoxy) is 1. The van der Waals surface area contributed by atoms with Gasteiger partial charge in [-0.3, -0.25) is 0 Å². The van der Waals surface area contributed by atoms with Crippen molar-refractivity contribution in [1.29, 1.82) is 0 Å². The van der Waals surface area contributed by atoms with Gasteiger partial charge < -0.3 is 10.1 Å². The van der Waals surface area contributed by atoms with Crippen molar-refractivity contribution < 1.29 is 17.9 Å². The Labute approximate surface area is 144 Å².